The molecule has 0 radical (unpaired) electrons. The molecule has 2 aromatic heterocycles. The smallest absolute Gasteiger partial charge is 0.147 e. The lowest BCUT2D eigenvalue weighted by molar-refractivity contribution is 0.697. The minimum absolute atomic E-state index is 0.750. The third-order valence-corrected chi connectivity index (χ3v) is 4.03. The van der Waals surface area contributed by atoms with Gasteiger partial charge in [0.25, 0.3) is 0 Å². The Bertz CT molecular complexity index is 672. The zero-order chi connectivity index (χ0) is 13.8. The van der Waals surface area contributed by atoms with E-state index in [9.17, 15) is 0 Å². The van der Waals surface area contributed by atoms with Crippen molar-refractivity contribution in [3.05, 3.63) is 53.6 Å². The summed E-state index contributed by atoms with van der Waals surface area (Å²) < 4.78 is 2.15. The van der Waals surface area contributed by atoms with Crippen LogP contribution in [0.15, 0.2) is 42.7 Å². The molecular weight excluding hydrogens is 268 g/mol. The lowest BCUT2D eigenvalue weighted by Gasteiger charge is -2.03. The minimum atomic E-state index is 0.750. The van der Waals surface area contributed by atoms with Gasteiger partial charge in [0.2, 0.25) is 0 Å². The predicted molar refractivity (Wildman–Crippen MR) is 80.7 cm³/mol. The van der Waals surface area contributed by atoms with E-state index in [-0.39, 0.29) is 0 Å². The van der Waals surface area contributed by atoms with Crippen LogP contribution in [0.1, 0.15) is 24.2 Å². The van der Waals surface area contributed by atoms with Gasteiger partial charge in [-0.15, -0.1) is 10.2 Å². The van der Waals surface area contributed by atoms with E-state index in [1.807, 2.05) is 30.6 Å². The van der Waals surface area contributed by atoms with Crippen molar-refractivity contribution in [3.63, 3.8) is 0 Å². The Morgan fingerprint density at radius 1 is 1.15 bits per heavy atom. The molecule has 0 aliphatic carbocycles. The van der Waals surface area contributed by atoms with Crippen molar-refractivity contribution in [2.24, 2.45) is 0 Å². The van der Waals surface area contributed by atoms with Gasteiger partial charge in [-0.1, -0.05) is 48.6 Å². The van der Waals surface area contributed by atoms with Crippen molar-refractivity contribution < 1.29 is 0 Å². The molecule has 4 nitrogen and oxygen atoms in total. The van der Waals surface area contributed by atoms with E-state index in [4.69, 9.17) is 0 Å². The minimum Gasteiger partial charge on any atom is -0.328 e. The fourth-order valence-electron chi connectivity index (χ4n) is 2.10. The summed E-state index contributed by atoms with van der Waals surface area (Å²) >= 11 is 1.64. The Balaban J connectivity index is 1.79. The van der Waals surface area contributed by atoms with Crippen LogP contribution in [0.5, 0.6) is 0 Å². The summed E-state index contributed by atoms with van der Waals surface area (Å²) in [5.74, 6) is 1.11. The highest BCUT2D eigenvalue weighted by Gasteiger charge is 2.08. The number of nitrogens with zero attached hydrogens (tertiary/aromatic N) is 4. The Hall–Kier alpha value is -2.01. The fraction of sp³-hybridized carbons (Fsp3) is 0.267. The maximum absolute atomic E-state index is 4.39. The van der Waals surface area contributed by atoms with Gasteiger partial charge in [-0.25, -0.2) is 4.98 Å². The second-order valence-corrected chi connectivity index (χ2v) is 5.65. The van der Waals surface area contributed by atoms with Crippen molar-refractivity contribution in [3.8, 4) is 10.6 Å². The van der Waals surface area contributed by atoms with Crippen molar-refractivity contribution in [1.29, 1.82) is 0 Å². The van der Waals surface area contributed by atoms with Crippen molar-refractivity contribution >= 4 is 11.3 Å². The Morgan fingerprint density at radius 2 is 2.00 bits per heavy atom. The number of aryl methyl sites for hydroxylation is 1. The van der Waals surface area contributed by atoms with Gasteiger partial charge in [0, 0.05) is 24.4 Å². The quantitative estimate of drug-likeness (QED) is 0.721. The average molecular weight is 284 g/mol. The zero-order valence-corrected chi connectivity index (χ0v) is 12.2. The van der Waals surface area contributed by atoms with E-state index in [2.05, 4.69) is 38.8 Å². The van der Waals surface area contributed by atoms with Crippen LogP contribution in [0.3, 0.4) is 0 Å². The standard InChI is InChI=1S/C15H16N4S/c1-2-6-13-16-9-10-19(13)11-14-17-18-15(20-14)12-7-4-3-5-8-12/h3-5,7-10H,2,6,11H2,1H3. The van der Waals surface area contributed by atoms with E-state index < -0.39 is 0 Å². The third kappa shape index (κ3) is 2.77. The molecule has 0 atom stereocenters. The van der Waals surface area contributed by atoms with Gasteiger partial charge in [0.15, 0.2) is 0 Å². The summed E-state index contributed by atoms with van der Waals surface area (Å²) in [7, 11) is 0. The van der Waals surface area contributed by atoms with Crippen molar-refractivity contribution in [2.45, 2.75) is 26.3 Å². The second-order valence-electron chi connectivity index (χ2n) is 4.59. The van der Waals surface area contributed by atoms with Crippen LogP contribution in [0.4, 0.5) is 0 Å². The molecule has 0 saturated heterocycles. The SMILES string of the molecule is CCCc1nccn1Cc1nnc(-c2ccccc2)s1. The molecule has 5 heteroatoms. The molecule has 3 rings (SSSR count). The molecule has 1 aromatic carbocycles. The van der Waals surface area contributed by atoms with E-state index in [0.717, 1.165) is 40.8 Å². The van der Waals surface area contributed by atoms with Crippen molar-refractivity contribution in [1.82, 2.24) is 19.7 Å². The summed E-state index contributed by atoms with van der Waals surface area (Å²) in [6, 6.07) is 10.2. The number of hydrogen-bond donors (Lipinski definition) is 0. The first-order valence-electron chi connectivity index (χ1n) is 6.74. The lowest BCUT2D eigenvalue weighted by atomic mass is 10.2. The van der Waals surface area contributed by atoms with Gasteiger partial charge in [-0.2, -0.15) is 0 Å². The van der Waals surface area contributed by atoms with Crippen LogP contribution in [-0.2, 0) is 13.0 Å². The van der Waals surface area contributed by atoms with Crippen LogP contribution in [0.25, 0.3) is 10.6 Å². The summed E-state index contributed by atoms with van der Waals surface area (Å²) in [6.45, 7) is 2.91. The highest BCUT2D eigenvalue weighted by atomic mass is 32.1. The molecule has 0 bridgehead atoms. The summed E-state index contributed by atoms with van der Waals surface area (Å²) in [5, 5.41) is 10.5. The molecule has 0 fully saturated rings. The monoisotopic (exact) mass is 284 g/mol. The average Bonchev–Trinajstić information content (AvgIpc) is 3.11. The topological polar surface area (TPSA) is 43.6 Å². The Morgan fingerprint density at radius 3 is 2.80 bits per heavy atom. The van der Waals surface area contributed by atoms with Gasteiger partial charge in [-0.05, 0) is 6.42 Å². The van der Waals surface area contributed by atoms with E-state index in [1.165, 1.54) is 0 Å². The molecule has 0 spiro atoms. The van der Waals surface area contributed by atoms with E-state index in [0.29, 0.717) is 0 Å². The highest BCUT2D eigenvalue weighted by molar-refractivity contribution is 7.14. The van der Waals surface area contributed by atoms with Gasteiger partial charge < -0.3 is 4.57 Å². The summed E-state index contributed by atoms with van der Waals surface area (Å²) in [6.07, 6.45) is 5.96. The summed E-state index contributed by atoms with van der Waals surface area (Å²) in [5.41, 5.74) is 1.12. The first-order valence-corrected chi connectivity index (χ1v) is 7.56. The summed E-state index contributed by atoms with van der Waals surface area (Å²) in [4.78, 5) is 4.39. The maximum Gasteiger partial charge on any atom is 0.147 e. The number of rotatable bonds is 5. The lowest BCUT2D eigenvalue weighted by Crippen LogP contribution is -2.03. The van der Waals surface area contributed by atoms with Crippen LogP contribution in [-0.4, -0.2) is 19.7 Å². The normalized spacial score (nSPS) is 10.8. The Kier molecular flexibility index (Phi) is 3.87. The molecule has 0 saturated carbocycles. The largest absolute Gasteiger partial charge is 0.328 e. The van der Waals surface area contributed by atoms with Gasteiger partial charge >= 0.3 is 0 Å². The van der Waals surface area contributed by atoms with Gasteiger partial charge in [-0.3, -0.25) is 0 Å². The predicted octanol–water partition coefficient (Wildman–Crippen LogP) is 3.40. The molecule has 3 aromatic rings. The number of hydrogen-bond acceptors (Lipinski definition) is 4. The molecule has 0 N–H and O–H groups in total. The van der Waals surface area contributed by atoms with Crippen LogP contribution < -0.4 is 0 Å². The molecule has 0 unspecified atom stereocenters. The molecule has 0 amide bonds. The van der Waals surface area contributed by atoms with E-state index >= 15 is 0 Å². The first-order chi connectivity index (χ1) is 9.86. The number of aromatic nitrogens is 4. The maximum atomic E-state index is 4.39. The van der Waals surface area contributed by atoms with Gasteiger partial charge in [0.05, 0.1) is 6.54 Å². The first kappa shape index (κ1) is 13.0. The molecule has 0 aliphatic heterocycles. The molecule has 102 valence electrons. The highest BCUT2D eigenvalue weighted by Crippen LogP contribution is 2.23. The zero-order valence-electron chi connectivity index (χ0n) is 11.4. The molecule has 0 aliphatic rings. The number of benzene rings is 1. The second kappa shape index (κ2) is 5.96. The van der Waals surface area contributed by atoms with Crippen LogP contribution in [0, 0.1) is 0 Å². The molecule has 20 heavy (non-hydrogen) atoms. The van der Waals surface area contributed by atoms with Crippen LogP contribution in [0.2, 0.25) is 0 Å². The van der Waals surface area contributed by atoms with E-state index in [1.54, 1.807) is 11.3 Å². The number of imidazole rings is 1. The molecular formula is C15H16N4S. The fourth-order valence-corrected chi connectivity index (χ4v) is 2.94. The Labute approximate surface area is 122 Å². The van der Waals surface area contributed by atoms with Crippen LogP contribution >= 0.6 is 11.3 Å². The third-order valence-electron chi connectivity index (χ3n) is 3.07. The molecule has 2 heterocycles. The van der Waals surface area contributed by atoms with Gasteiger partial charge in [0.1, 0.15) is 15.8 Å². The van der Waals surface area contributed by atoms with Crippen molar-refractivity contribution in [2.75, 3.05) is 0 Å².